The molecule has 0 unspecified atom stereocenters. The number of hydrogen-bond acceptors (Lipinski definition) is 3. The second-order valence-corrected chi connectivity index (χ2v) is 6.20. The molecule has 1 amide bonds. The molecule has 0 spiro atoms. The van der Waals surface area contributed by atoms with Crippen molar-refractivity contribution in [3.05, 3.63) is 34.9 Å². The summed E-state index contributed by atoms with van der Waals surface area (Å²) in [7, 11) is 1.88. The number of carbonyl (C=O) groups is 1. The SMILES string of the molecule is Cc1cnn(C[C@@H]2CCCN2C(=O)c2c(C)nn(C)c2C)c1. The van der Waals surface area contributed by atoms with Crippen LogP contribution in [-0.4, -0.2) is 43.0 Å². The van der Waals surface area contributed by atoms with Gasteiger partial charge in [-0.3, -0.25) is 14.2 Å². The van der Waals surface area contributed by atoms with Gasteiger partial charge < -0.3 is 4.90 Å². The van der Waals surface area contributed by atoms with E-state index in [0.29, 0.717) is 0 Å². The Morgan fingerprint density at radius 2 is 2.14 bits per heavy atom. The molecule has 1 fully saturated rings. The fourth-order valence-electron chi connectivity index (χ4n) is 3.30. The number of aryl methyl sites for hydroxylation is 3. The number of hydrogen-bond donors (Lipinski definition) is 0. The zero-order chi connectivity index (χ0) is 15.9. The summed E-state index contributed by atoms with van der Waals surface area (Å²) >= 11 is 0. The molecule has 2 aromatic rings. The summed E-state index contributed by atoms with van der Waals surface area (Å²) in [5, 5.41) is 8.71. The fourth-order valence-corrected chi connectivity index (χ4v) is 3.30. The molecule has 3 rings (SSSR count). The highest BCUT2D eigenvalue weighted by Crippen LogP contribution is 2.24. The van der Waals surface area contributed by atoms with Gasteiger partial charge in [-0.1, -0.05) is 0 Å². The minimum Gasteiger partial charge on any atom is -0.334 e. The number of aromatic nitrogens is 4. The first-order valence-corrected chi connectivity index (χ1v) is 7.77. The third-order valence-electron chi connectivity index (χ3n) is 4.52. The van der Waals surface area contributed by atoms with Crippen LogP contribution >= 0.6 is 0 Å². The van der Waals surface area contributed by atoms with Crippen LogP contribution in [0, 0.1) is 20.8 Å². The van der Waals surface area contributed by atoms with E-state index in [1.807, 2.05) is 49.8 Å². The van der Waals surface area contributed by atoms with Crippen molar-refractivity contribution in [2.24, 2.45) is 7.05 Å². The van der Waals surface area contributed by atoms with E-state index in [2.05, 4.69) is 10.2 Å². The lowest BCUT2D eigenvalue weighted by Gasteiger charge is -2.25. The minimum atomic E-state index is 0.106. The second-order valence-electron chi connectivity index (χ2n) is 6.20. The van der Waals surface area contributed by atoms with Crippen molar-refractivity contribution in [2.45, 2.75) is 46.2 Å². The maximum absolute atomic E-state index is 13.0. The van der Waals surface area contributed by atoms with Gasteiger partial charge in [-0.25, -0.2) is 0 Å². The van der Waals surface area contributed by atoms with Gasteiger partial charge in [-0.15, -0.1) is 0 Å². The molecule has 0 bridgehead atoms. The number of nitrogens with zero attached hydrogens (tertiary/aromatic N) is 5. The summed E-state index contributed by atoms with van der Waals surface area (Å²) in [6.07, 6.45) is 5.97. The van der Waals surface area contributed by atoms with Gasteiger partial charge in [0.2, 0.25) is 0 Å². The molecular formula is C16H23N5O. The molecule has 6 heteroatoms. The van der Waals surface area contributed by atoms with Gasteiger partial charge in [0.25, 0.3) is 5.91 Å². The van der Waals surface area contributed by atoms with E-state index in [1.165, 1.54) is 0 Å². The fraction of sp³-hybridized carbons (Fsp3) is 0.562. The Labute approximate surface area is 130 Å². The van der Waals surface area contributed by atoms with Crippen molar-refractivity contribution >= 4 is 5.91 Å². The van der Waals surface area contributed by atoms with Crippen molar-refractivity contribution < 1.29 is 4.79 Å². The van der Waals surface area contributed by atoms with Gasteiger partial charge in [0.1, 0.15) is 0 Å². The first-order chi connectivity index (χ1) is 10.5. The lowest BCUT2D eigenvalue weighted by molar-refractivity contribution is 0.0720. The van der Waals surface area contributed by atoms with Crippen LogP contribution in [0.25, 0.3) is 0 Å². The molecule has 1 aliphatic heterocycles. The summed E-state index contributed by atoms with van der Waals surface area (Å²) in [6, 6.07) is 0.214. The van der Waals surface area contributed by atoms with Crippen molar-refractivity contribution in [1.29, 1.82) is 0 Å². The molecule has 0 saturated carbocycles. The zero-order valence-corrected chi connectivity index (χ0v) is 13.7. The molecule has 0 aromatic carbocycles. The quantitative estimate of drug-likeness (QED) is 0.869. The molecule has 118 valence electrons. The van der Waals surface area contributed by atoms with Crippen molar-refractivity contribution in [3.8, 4) is 0 Å². The van der Waals surface area contributed by atoms with E-state index in [1.54, 1.807) is 4.68 Å². The summed E-state index contributed by atoms with van der Waals surface area (Å²) in [5.74, 6) is 0.106. The van der Waals surface area contributed by atoms with Gasteiger partial charge in [0.05, 0.1) is 30.0 Å². The van der Waals surface area contributed by atoms with Crippen molar-refractivity contribution in [2.75, 3.05) is 6.54 Å². The van der Waals surface area contributed by atoms with Crippen LogP contribution in [0.15, 0.2) is 12.4 Å². The second kappa shape index (κ2) is 5.59. The Morgan fingerprint density at radius 3 is 2.73 bits per heavy atom. The van der Waals surface area contributed by atoms with Crippen LogP contribution < -0.4 is 0 Å². The summed E-state index contributed by atoms with van der Waals surface area (Å²) in [6.45, 7) is 7.47. The van der Waals surface area contributed by atoms with Gasteiger partial charge in [0, 0.05) is 25.5 Å². The molecule has 1 saturated heterocycles. The smallest absolute Gasteiger partial charge is 0.257 e. The third-order valence-corrected chi connectivity index (χ3v) is 4.52. The Kier molecular flexibility index (Phi) is 3.76. The van der Waals surface area contributed by atoms with Gasteiger partial charge in [-0.05, 0) is 39.2 Å². The molecule has 6 nitrogen and oxygen atoms in total. The van der Waals surface area contributed by atoms with Gasteiger partial charge in [0.15, 0.2) is 0 Å². The Morgan fingerprint density at radius 1 is 1.36 bits per heavy atom. The summed E-state index contributed by atoms with van der Waals surface area (Å²) in [4.78, 5) is 14.9. The highest BCUT2D eigenvalue weighted by atomic mass is 16.2. The first-order valence-electron chi connectivity index (χ1n) is 7.77. The molecule has 0 aliphatic carbocycles. The molecular weight excluding hydrogens is 278 g/mol. The lowest BCUT2D eigenvalue weighted by Crippen LogP contribution is -2.38. The van der Waals surface area contributed by atoms with E-state index in [4.69, 9.17) is 0 Å². The highest BCUT2D eigenvalue weighted by Gasteiger charge is 2.32. The van der Waals surface area contributed by atoms with Crippen LogP contribution in [-0.2, 0) is 13.6 Å². The monoisotopic (exact) mass is 301 g/mol. The maximum atomic E-state index is 13.0. The number of amides is 1. The van der Waals surface area contributed by atoms with Crippen molar-refractivity contribution in [3.63, 3.8) is 0 Å². The number of likely N-dealkylation sites (tertiary alicyclic amines) is 1. The molecule has 2 aromatic heterocycles. The van der Waals surface area contributed by atoms with E-state index in [9.17, 15) is 4.79 Å². The third kappa shape index (κ3) is 2.53. The number of carbonyl (C=O) groups excluding carboxylic acids is 1. The maximum Gasteiger partial charge on any atom is 0.257 e. The average Bonchev–Trinajstić information content (AvgIpc) is 3.13. The molecule has 0 N–H and O–H groups in total. The van der Waals surface area contributed by atoms with Crippen LogP contribution in [0.1, 0.15) is 40.2 Å². The highest BCUT2D eigenvalue weighted by molar-refractivity contribution is 5.96. The molecule has 0 radical (unpaired) electrons. The summed E-state index contributed by atoms with van der Waals surface area (Å²) < 4.78 is 3.72. The average molecular weight is 301 g/mol. The molecule has 1 atom stereocenters. The Bertz CT molecular complexity index is 699. The normalized spacial score (nSPS) is 18.2. The predicted octanol–water partition coefficient (Wildman–Crippen LogP) is 1.85. The molecule has 22 heavy (non-hydrogen) atoms. The zero-order valence-electron chi connectivity index (χ0n) is 13.7. The predicted molar refractivity (Wildman–Crippen MR) is 83.7 cm³/mol. The van der Waals surface area contributed by atoms with Gasteiger partial charge >= 0.3 is 0 Å². The Balaban J connectivity index is 1.82. The van der Waals surface area contributed by atoms with Gasteiger partial charge in [-0.2, -0.15) is 10.2 Å². The van der Waals surface area contributed by atoms with E-state index >= 15 is 0 Å². The van der Waals surface area contributed by atoms with E-state index in [0.717, 1.165) is 48.4 Å². The number of rotatable bonds is 3. The molecule has 1 aliphatic rings. The van der Waals surface area contributed by atoms with Crippen LogP contribution in [0.3, 0.4) is 0 Å². The largest absolute Gasteiger partial charge is 0.334 e. The van der Waals surface area contributed by atoms with Crippen LogP contribution in [0.2, 0.25) is 0 Å². The first kappa shape index (κ1) is 14.8. The van der Waals surface area contributed by atoms with Crippen LogP contribution in [0.5, 0.6) is 0 Å². The Hall–Kier alpha value is -2.11. The standard InChI is InChI=1S/C16H23N5O/c1-11-8-17-20(9-11)10-14-6-5-7-21(14)16(22)15-12(2)18-19(4)13(15)3/h8-9,14H,5-7,10H2,1-4H3/t14-/m0/s1. The summed E-state index contributed by atoms with van der Waals surface area (Å²) in [5.41, 5.74) is 3.65. The van der Waals surface area contributed by atoms with Crippen molar-refractivity contribution in [1.82, 2.24) is 24.5 Å². The van der Waals surface area contributed by atoms with E-state index < -0.39 is 0 Å². The molecule has 3 heterocycles. The van der Waals surface area contributed by atoms with Crippen LogP contribution in [0.4, 0.5) is 0 Å². The van der Waals surface area contributed by atoms with E-state index in [-0.39, 0.29) is 11.9 Å². The minimum absolute atomic E-state index is 0.106. The topological polar surface area (TPSA) is 56.0 Å². The lowest BCUT2D eigenvalue weighted by atomic mass is 10.1.